The fraction of sp³-hybridized carbons (Fsp3) is 0.769. The predicted molar refractivity (Wildman–Crippen MR) is 73.2 cm³/mol. The zero-order chi connectivity index (χ0) is 15.4. The van der Waals surface area contributed by atoms with Gasteiger partial charge in [0, 0.05) is 33.5 Å². The molecule has 0 aliphatic carbocycles. The molecule has 7 heteroatoms. The van der Waals surface area contributed by atoms with Crippen molar-refractivity contribution in [3.63, 3.8) is 0 Å². The predicted octanol–water partition coefficient (Wildman–Crippen LogP) is 0.242. The molecule has 0 heterocycles. The van der Waals surface area contributed by atoms with Crippen LogP contribution in [0.3, 0.4) is 0 Å². The Kier molecular flexibility index (Phi) is 10.3. The lowest BCUT2D eigenvalue weighted by molar-refractivity contribution is -0.144. The van der Waals surface area contributed by atoms with Gasteiger partial charge in [-0.05, 0) is 12.8 Å². The second-order valence-electron chi connectivity index (χ2n) is 4.50. The average molecular weight is 288 g/mol. The van der Waals surface area contributed by atoms with Crippen LogP contribution >= 0.6 is 0 Å². The van der Waals surface area contributed by atoms with E-state index in [9.17, 15) is 14.4 Å². The molecular formula is C13H24N2O5. The van der Waals surface area contributed by atoms with Crippen LogP contribution in [-0.4, -0.2) is 61.1 Å². The quantitative estimate of drug-likeness (QED) is 0.531. The number of rotatable bonds is 11. The first-order valence-electron chi connectivity index (χ1n) is 6.70. The number of hydrogen-bond donors (Lipinski definition) is 2. The van der Waals surface area contributed by atoms with Crippen molar-refractivity contribution < 1.29 is 24.2 Å². The van der Waals surface area contributed by atoms with Gasteiger partial charge in [0.1, 0.15) is 6.54 Å². The lowest BCUT2D eigenvalue weighted by Crippen LogP contribution is -2.37. The fourth-order valence-corrected chi connectivity index (χ4v) is 1.66. The molecule has 0 aromatic heterocycles. The number of carboxylic acids is 1. The highest BCUT2D eigenvalue weighted by atomic mass is 16.5. The molecule has 116 valence electrons. The molecule has 0 spiro atoms. The van der Waals surface area contributed by atoms with Crippen molar-refractivity contribution in [1.29, 1.82) is 0 Å². The number of carbonyl (C=O) groups excluding carboxylic acids is 2. The minimum Gasteiger partial charge on any atom is -0.480 e. The first kappa shape index (κ1) is 18.4. The van der Waals surface area contributed by atoms with Crippen LogP contribution in [0.25, 0.3) is 0 Å². The molecule has 0 saturated carbocycles. The second kappa shape index (κ2) is 11.2. The van der Waals surface area contributed by atoms with Gasteiger partial charge in [-0.2, -0.15) is 0 Å². The van der Waals surface area contributed by atoms with E-state index in [0.717, 1.165) is 12.8 Å². The van der Waals surface area contributed by atoms with Crippen molar-refractivity contribution in [2.75, 3.05) is 33.4 Å². The molecule has 0 aromatic rings. The number of unbranched alkanes of at least 4 members (excludes halogenated alkanes) is 2. The van der Waals surface area contributed by atoms with Crippen molar-refractivity contribution >= 4 is 17.8 Å². The standard InChI is InChI=1S/C13H24N2O5/c1-11(16)14-7-5-3-4-6-12(17)15(8-9-20-2)10-13(18)19/h3-10H2,1-2H3,(H,14,16)(H,18,19). The highest BCUT2D eigenvalue weighted by Crippen LogP contribution is 2.03. The summed E-state index contributed by atoms with van der Waals surface area (Å²) >= 11 is 0. The van der Waals surface area contributed by atoms with Crippen LogP contribution in [0.5, 0.6) is 0 Å². The van der Waals surface area contributed by atoms with Gasteiger partial charge in [0.15, 0.2) is 0 Å². The maximum atomic E-state index is 11.9. The van der Waals surface area contributed by atoms with Crippen LogP contribution in [0.15, 0.2) is 0 Å². The van der Waals surface area contributed by atoms with Crippen LogP contribution in [0, 0.1) is 0 Å². The average Bonchev–Trinajstić information content (AvgIpc) is 2.37. The minimum absolute atomic E-state index is 0.0618. The fourth-order valence-electron chi connectivity index (χ4n) is 1.66. The Labute approximate surface area is 119 Å². The Bertz CT molecular complexity index is 320. The molecule has 0 fully saturated rings. The van der Waals surface area contributed by atoms with Crippen molar-refractivity contribution in [2.45, 2.75) is 32.6 Å². The number of carboxylic acid groups (broad SMARTS) is 1. The van der Waals surface area contributed by atoms with Crippen LogP contribution in [0.1, 0.15) is 32.6 Å². The Morgan fingerprint density at radius 2 is 1.90 bits per heavy atom. The van der Waals surface area contributed by atoms with Gasteiger partial charge in [-0.15, -0.1) is 0 Å². The number of hydrogen-bond acceptors (Lipinski definition) is 4. The van der Waals surface area contributed by atoms with Crippen LogP contribution < -0.4 is 5.32 Å². The van der Waals surface area contributed by atoms with Crippen molar-refractivity contribution in [1.82, 2.24) is 10.2 Å². The topological polar surface area (TPSA) is 95.9 Å². The van der Waals surface area contributed by atoms with Gasteiger partial charge < -0.3 is 20.1 Å². The Balaban J connectivity index is 3.88. The van der Waals surface area contributed by atoms with Crippen molar-refractivity contribution in [2.24, 2.45) is 0 Å². The number of aliphatic carboxylic acids is 1. The first-order chi connectivity index (χ1) is 9.47. The summed E-state index contributed by atoms with van der Waals surface area (Å²) in [5.41, 5.74) is 0. The third-order valence-electron chi connectivity index (χ3n) is 2.69. The zero-order valence-corrected chi connectivity index (χ0v) is 12.2. The molecule has 0 bridgehead atoms. The van der Waals surface area contributed by atoms with Crippen LogP contribution in [-0.2, 0) is 19.1 Å². The van der Waals surface area contributed by atoms with E-state index in [2.05, 4.69) is 5.32 Å². The molecule has 2 amide bonds. The second-order valence-corrected chi connectivity index (χ2v) is 4.50. The number of methoxy groups -OCH3 is 1. The minimum atomic E-state index is -1.03. The molecule has 2 N–H and O–H groups in total. The maximum absolute atomic E-state index is 11.9. The molecule has 0 radical (unpaired) electrons. The first-order valence-corrected chi connectivity index (χ1v) is 6.70. The largest absolute Gasteiger partial charge is 0.480 e. The van der Waals surface area contributed by atoms with E-state index in [0.29, 0.717) is 26.0 Å². The summed E-state index contributed by atoms with van der Waals surface area (Å²) in [5, 5.41) is 11.4. The van der Waals surface area contributed by atoms with E-state index >= 15 is 0 Å². The summed E-state index contributed by atoms with van der Waals surface area (Å²) in [5.74, 6) is -1.27. The smallest absolute Gasteiger partial charge is 0.323 e. The molecule has 0 atom stereocenters. The maximum Gasteiger partial charge on any atom is 0.323 e. The van der Waals surface area contributed by atoms with E-state index in [1.54, 1.807) is 0 Å². The van der Waals surface area contributed by atoms with Gasteiger partial charge in [0.2, 0.25) is 11.8 Å². The van der Waals surface area contributed by atoms with E-state index < -0.39 is 5.97 Å². The van der Waals surface area contributed by atoms with Gasteiger partial charge in [-0.3, -0.25) is 14.4 Å². The summed E-state index contributed by atoms with van der Waals surface area (Å²) < 4.78 is 4.86. The Morgan fingerprint density at radius 1 is 1.20 bits per heavy atom. The number of carbonyl (C=O) groups is 3. The number of nitrogens with zero attached hydrogens (tertiary/aromatic N) is 1. The summed E-state index contributed by atoms with van der Waals surface area (Å²) in [7, 11) is 1.51. The van der Waals surface area contributed by atoms with Gasteiger partial charge in [0.05, 0.1) is 6.61 Å². The highest BCUT2D eigenvalue weighted by molar-refractivity contribution is 5.81. The molecule has 0 aliphatic rings. The molecular weight excluding hydrogens is 264 g/mol. The molecule has 0 aromatic carbocycles. The lowest BCUT2D eigenvalue weighted by atomic mass is 10.1. The summed E-state index contributed by atoms with van der Waals surface area (Å²) in [6.45, 7) is 2.37. The van der Waals surface area contributed by atoms with Gasteiger partial charge >= 0.3 is 5.97 Å². The molecule has 0 aliphatic heterocycles. The van der Waals surface area contributed by atoms with Gasteiger partial charge in [0.25, 0.3) is 0 Å². The molecule has 0 saturated heterocycles. The normalized spacial score (nSPS) is 10.1. The Hall–Kier alpha value is -1.63. The van der Waals surface area contributed by atoms with Crippen molar-refractivity contribution in [3.05, 3.63) is 0 Å². The summed E-state index contributed by atoms with van der Waals surface area (Å²) in [6.07, 6.45) is 2.62. The zero-order valence-electron chi connectivity index (χ0n) is 12.2. The van der Waals surface area contributed by atoms with E-state index in [1.807, 2.05) is 0 Å². The Morgan fingerprint density at radius 3 is 2.45 bits per heavy atom. The SMILES string of the molecule is COCCN(CC(=O)O)C(=O)CCCCCNC(C)=O. The van der Waals surface area contributed by atoms with E-state index in [-0.39, 0.29) is 24.9 Å². The number of ether oxygens (including phenoxy) is 1. The number of nitrogens with one attached hydrogen (secondary N) is 1. The number of amides is 2. The van der Waals surface area contributed by atoms with Crippen LogP contribution in [0.4, 0.5) is 0 Å². The summed E-state index contributed by atoms with van der Waals surface area (Å²) in [4.78, 5) is 34.5. The third kappa shape index (κ3) is 10.3. The monoisotopic (exact) mass is 288 g/mol. The highest BCUT2D eigenvalue weighted by Gasteiger charge is 2.15. The van der Waals surface area contributed by atoms with E-state index in [1.165, 1.54) is 18.9 Å². The van der Waals surface area contributed by atoms with Crippen molar-refractivity contribution in [3.8, 4) is 0 Å². The lowest BCUT2D eigenvalue weighted by Gasteiger charge is -2.20. The molecule has 7 nitrogen and oxygen atoms in total. The molecule has 0 unspecified atom stereocenters. The third-order valence-corrected chi connectivity index (χ3v) is 2.69. The van der Waals surface area contributed by atoms with Crippen LogP contribution in [0.2, 0.25) is 0 Å². The van der Waals surface area contributed by atoms with Gasteiger partial charge in [-0.1, -0.05) is 6.42 Å². The molecule has 0 rings (SSSR count). The summed E-state index contributed by atoms with van der Waals surface area (Å²) in [6, 6.07) is 0. The molecule has 20 heavy (non-hydrogen) atoms. The van der Waals surface area contributed by atoms with E-state index in [4.69, 9.17) is 9.84 Å². The van der Waals surface area contributed by atoms with Gasteiger partial charge in [-0.25, -0.2) is 0 Å².